The number of nitrogens with zero attached hydrogens (tertiary/aromatic N) is 3. The normalized spacial score (nSPS) is 12.9. The third-order valence-electron chi connectivity index (χ3n) is 4.08. The van der Waals surface area contributed by atoms with Crippen LogP contribution < -0.4 is 4.90 Å². The second-order valence-corrected chi connectivity index (χ2v) is 6.35. The van der Waals surface area contributed by atoms with Gasteiger partial charge in [0.15, 0.2) is 0 Å². The van der Waals surface area contributed by atoms with Crippen LogP contribution >= 0.6 is 11.3 Å². The molecule has 0 radical (unpaired) electrons. The lowest BCUT2D eigenvalue weighted by Crippen LogP contribution is -2.20. The van der Waals surface area contributed by atoms with E-state index in [0.29, 0.717) is 6.54 Å². The number of aromatic nitrogens is 2. The van der Waals surface area contributed by atoms with E-state index in [-0.39, 0.29) is 0 Å². The fraction of sp³-hybridized carbons (Fsp3) is 0.158. The zero-order valence-electron chi connectivity index (χ0n) is 12.6. The minimum atomic E-state index is 0.676. The third-order valence-corrected chi connectivity index (χ3v) is 4.97. The van der Waals surface area contributed by atoms with Crippen molar-refractivity contribution in [3.8, 4) is 34.2 Å². The van der Waals surface area contributed by atoms with Gasteiger partial charge in [-0.1, -0.05) is 12.0 Å². The molecule has 0 atom stereocenters. The third kappa shape index (κ3) is 2.60. The Hall–Kier alpha value is -2.64. The van der Waals surface area contributed by atoms with Crippen molar-refractivity contribution in [3.05, 3.63) is 53.7 Å². The summed E-state index contributed by atoms with van der Waals surface area (Å²) in [5, 5.41) is 3.14. The number of anilines is 1. The Morgan fingerprint density at radius 2 is 2.04 bits per heavy atom. The van der Waals surface area contributed by atoms with Gasteiger partial charge in [-0.05, 0) is 36.2 Å². The molecule has 0 aliphatic carbocycles. The molecule has 3 heterocycles. The molecule has 1 aromatic carbocycles. The molecule has 3 aromatic rings. The Morgan fingerprint density at radius 3 is 2.87 bits per heavy atom. The zero-order valence-corrected chi connectivity index (χ0v) is 13.4. The molecular weight excluding hydrogens is 302 g/mol. The molecule has 2 aromatic heterocycles. The molecule has 1 aliphatic rings. The van der Waals surface area contributed by atoms with Crippen LogP contribution in [0.5, 0.6) is 0 Å². The minimum Gasteiger partial charge on any atom is -0.360 e. The second kappa shape index (κ2) is 5.86. The van der Waals surface area contributed by atoms with E-state index in [4.69, 9.17) is 11.4 Å². The van der Waals surface area contributed by atoms with Gasteiger partial charge in [0.2, 0.25) is 0 Å². The first kappa shape index (κ1) is 14.0. The maximum Gasteiger partial charge on any atom is 0.124 e. The van der Waals surface area contributed by atoms with Crippen molar-refractivity contribution in [2.45, 2.75) is 6.42 Å². The van der Waals surface area contributed by atoms with Gasteiger partial charge in [0.05, 0.1) is 12.2 Å². The number of hydrogen-bond acceptors (Lipinski definition) is 4. The first-order valence-corrected chi connectivity index (χ1v) is 8.41. The number of benzene rings is 1. The van der Waals surface area contributed by atoms with Crippen LogP contribution in [0.2, 0.25) is 0 Å². The smallest absolute Gasteiger partial charge is 0.124 e. The average Bonchev–Trinajstić information content (AvgIpc) is 3.23. The first-order chi connectivity index (χ1) is 11.3. The topological polar surface area (TPSA) is 29.0 Å². The van der Waals surface area contributed by atoms with Crippen molar-refractivity contribution in [3.63, 3.8) is 0 Å². The summed E-state index contributed by atoms with van der Waals surface area (Å²) in [5.74, 6) is 2.73. The van der Waals surface area contributed by atoms with Crippen LogP contribution in [-0.4, -0.2) is 23.1 Å². The van der Waals surface area contributed by atoms with E-state index < -0.39 is 0 Å². The number of thiazole rings is 1. The number of terminal acetylenes is 1. The molecule has 4 rings (SSSR count). The fourth-order valence-corrected chi connectivity index (χ4v) is 3.77. The Bertz CT molecular complexity index is 877. The number of hydrogen-bond donors (Lipinski definition) is 0. The highest BCUT2D eigenvalue weighted by molar-refractivity contribution is 7.13. The maximum atomic E-state index is 5.44. The molecule has 1 aliphatic heterocycles. The standard InChI is InChI=1S/C19H15N3S/c1-2-10-22-11-7-16-12-15(3-4-18(16)22)17-13-23-19(21-17)14-5-8-20-9-6-14/h1,3-6,8-9,12-13H,7,10-11H2. The summed E-state index contributed by atoms with van der Waals surface area (Å²) in [6, 6.07) is 10.5. The summed E-state index contributed by atoms with van der Waals surface area (Å²) in [5.41, 5.74) is 5.92. The summed E-state index contributed by atoms with van der Waals surface area (Å²) in [7, 11) is 0. The lowest BCUT2D eigenvalue weighted by atomic mass is 10.1. The number of pyridine rings is 1. The van der Waals surface area contributed by atoms with Crippen molar-refractivity contribution < 1.29 is 0 Å². The van der Waals surface area contributed by atoms with Crippen molar-refractivity contribution in [2.75, 3.05) is 18.0 Å². The van der Waals surface area contributed by atoms with Gasteiger partial charge >= 0.3 is 0 Å². The van der Waals surface area contributed by atoms with Crippen LogP contribution in [0.3, 0.4) is 0 Å². The van der Waals surface area contributed by atoms with Gasteiger partial charge in [-0.25, -0.2) is 4.98 Å². The van der Waals surface area contributed by atoms with Crippen LogP contribution in [-0.2, 0) is 6.42 Å². The van der Waals surface area contributed by atoms with Crippen LogP contribution in [0.25, 0.3) is 21.8 Å². The Balaban J connectivity index is 1.65. The maximum absolute atomic E-state index is 5.44. The Labute approximate surface area is 139 Å². The molecule has 0 amide bonds. The van der Waals surface area contributed by atoms with E-state index in [1.165, 1.54) is 16.8 Å². The van der Waals surface area contributed by atoms with Crippen molar-refractivity contribution in [2.24, 2.45) is 0 Å². The predicted molar refractivity (Wildman–Crippen MR) is 95.5 cm³/mol. The molecule has 0 saturated carbocycles. The highest BCUT2D eigenvalue weighted by Crippen LogP contribution is 2.34. The van der Waals surface area contributed by atoms with Crippen LogP contribution in [0.4, 0.5) is 5.69 Å². The molecule has 3 nitrogen and oxygen atoms in total. The Morgan fingerprint density at radius 1 is 1.17 bits per heavy atom. The molecule has 0 saturated heterocycles. The fourth-order valence-electron chi connectivity index (χ4n) is 2.94. The lowest BCUT2D eigenvalue weighted by Gasteiger charge is -2.15. The van der Waals surface area contributed by atoms with Gasteiger partial charge in [0.25, 0.3) is 0 Å². The predicted octanol–water partition coefficient (Wildman–Crippen LogP) is 3.87. The van der Waals surface area contributed by atoms with Gasteiger partial charge < -0.3 is 4.90 Å². The lowest BCUT2D eigenvalue weighted by molar-refractivity contribution is 0.915. The minimum absolute atomic E-state index is 0.676. The van der Waals surface area contributed by atoms with Gasteiger partial charge in [0, 0.05) is 41.1 Å². The highest BCUT2D eigenvalue weighted by Gasteiger charge is 2.19. The zero-order chi connectivity index (χ0) is 15.6. The summed E-state index contributed by atoms with van der Waals surface area (Å²) >= 11 is 1.66. The molecule has 23 heavy (non-hydrogen) atoms. The quantitative estimate of drug-likeness (QED) is 0.687. The molecule has 0 fully saturated rings. The van der Waals surface area contributed by atoms with Crippen LogP contribution in [0, 0.1) is 12.3 Å². The van der Waals surface area contributed by atoms with E-state index in [1.807, 2.05) is 12.1 Å². The monoisotopic (exact) mass is 317 g/mol. The molecule has 4 heteroatoms. The van der Waals surface area contributed by atoms with Gasteiger partial charge in [-0.2, -0.15) is 0 Å². The van der Waals surface area contributed by atoms with Crippen LogP contribution in [0.15, 0.2) is 48.1 Å². The van der Waals surface area contributed by atoms with E-state index in [2.05, 4.69) is 39.4 Å². The summed E-state index contributed by atoms with van der Waals surface area (Å²) < 4.78 is 0. The molecule has 112 valence electrons. The molecular formula is C19H15N3S. The summed E-state index contributed by atoms with van der Waals surface area (Å²) in [4.78, 5) is 11.1. The SMILES string of the molecule is C#CCN1CCc2cc(-c3csc(-c4ccncc4)n3)ccc21. The molecule has 0 N–H and O–H groups in total. The summed E-state index contributed by atoms with van der Waals surface area (Å²) in [6.07, 6.45) is 10.1. The summed E-state index contributed by atoms with van der Waals surface area (Å²) in [6.45, 7) is 1.68. The van der Waals surface area contributed by atoms with E-state index >= 15 is 0 Å². The highest BCUT2D eigenvalue weighted by atomic mass is 32.1. The van der Waals surface area contributed by atoms with Crippen molar-refractivity contribution >= 4 is 17.0 Å². The second-order valence-electron chi connectivity index (χ2n) is 5.49. The number of rotatable bonds is 3. The van der Waals surface area contributed by atoms with Gasteiger partial charge in [0.1, 0.15) is 5.01 Å². The largest absolute Gasteiger partial charge is 0.360 e. The van der Waals surface area contributed by atoms with Crippen molar-refractivity contribution in [1.82, 2.24) is 9.97 Å². The van der Waals surface area contributed by atoms with E-state index in [9.17, 15) is 0 Å². The van der Waals surface area contributed by atoms with E-state index in [1.54, 1.807) is 23.7 Å². The molecule has 0 spiro atoms. The first-order valence-electron chi connectivity index (χ1n) is 7.53. The van der Waals surface area contributed by atoms with Crippen LogP contribution in [0.1, 0.15) is 5.56 Å². The van der Waals surface area contributed by atoms with Gasteiger partial charge in [-0.15, -0.1) is 17.8 Å². The molecule has 0 unspecified atom stereocenters. The van der Waals surface area contributed by atoms with E-state index in [0.717, 1.165) is 29.2 Å². The van der Waals surface area contributed by atoms with Gasteiger partial charge in [-0.3, -0.25) is 4.98 Å². The van der Waals surface area contributed by atoms with Crippen molar-refractivity contribution in [1.29, 1.82) is 0 Å². The number of fused-ring (bicyclic) bond motifs is 1. The molecule has 0 bridgehead atoms. The Kier molecular flexibility index (Phi) is 3.57. The average molecular weight is 317 g/mol.